The van der Waals surface area contributed by atoms with Crippen LogP contribution in [0.25, 0.3) is 11.1 Å². The van der Waals surface area contributed by atoms with Crippen LogP contribution in [0.3, 0.4) is 0 Å². The van der Waals surface area contributed by atoms with E-state index in [4.69, 9.17) is 4.74 Å². The Hall–Kier alpha value is -2.48. The van der Waals surface area contributed by atoms with Crippen molar-refractivity contribution in [2.75, 3.05) is 13.2 Å². The fourth-order valence-corrected chi connectivity index (χ4v) is 4.07. The van der Waals surface area contributed by atoms with Crippen molar-refractivity contribution in [2.24, 2.45) is 0 Å². The van der Waals surface area contributed by atoms with E-state index in [0.29, 0.717) is 6.42 Å². The van der Waals surface area contributed by atoms with Crippen LogP contribution >= 0.6 is 0 Å². The van der Waals surface area contributed by atoms with Crippen molar-refractivity contribution >= 4 is 0 Å². The van der Waals surface area contributed by atoms with Crippen LogP contribution in [0.2, 0.25) is 0 Å². The van der Waals surface area contributed by atoms with Crippen molar-refractivity contribution in [2.45, 2.75) is 30.3 Å². The van der Waals surface area contributed by atoms with Crippen LogP contribution in [0, 0.1) is 0 Å². The van der Waals surface area contributed by atoms with Crippen LogP contribution in [0.15, 0.2) is 60.7 Å². The van der Waals surface area contributed by atoms with Crippen molar-refractivity contribution in [3.8, 4) is 16.9 Å². The molecule has 6 nitrogen and oxygen atoms in total. The summed E-state index contributed by atoms with van der Waals surface area (Å²) in [5.41, 5.74) is 1.97. The van der Waals surface area contributed by atoms with Gasteiger partial charge in [-0.3, -0.25) is 0 Å². The summed E-state index contributed by atoms with van der Waals surface area (Å²) in [5.74, 6) is -0.244. The zero-order valence-electron chi connectivity index (χ0n) is 15.8. The van der Waals surface area contributed by atoms with E-state index in [2.05, 4.69) is 12.1 Å². The Balaban J connectivity index is 1.71. The third-order valence-electron chi connectivity index (χ3n) is 5.63. The van der Waals surface area contributed by atoms with Gasteiger partial charge in [-0.15, -0.1) is 0 Å². The van der Waals surface area contributed by atoms with Crippen LogP contribution in [0.5, 0.6) is 5.75 Å². The zero-order chi connectivity index (χ0) is 20.6. The van der Waals surface area contributed by atoms with Gasteiger partial charge in [-0.2, -0.15) is 0 Å². The lowest BCUT2D eigenvalue weighted by molar-refractivity contribution is -0.255. The second-order valence-corrected chi connectivity index (χ2v) is 7.56. The molecule has 2 aliphatic carbocycles. The first kappa shape index (κ1) is 19.8. The fourth-order valence-electron chi connectivity index (χ4n) is 4.07. The molecule has 1 aromatic carbocycles. The molecule has 0 saturated carbocycles. The molecule has 1 aliphatic heterocycles. The van der Waals surface area contributed by atoms with Crippen molar-refractivity contribution < 1.29 is 30.3 Å². The number of aliphatic hydroxyl groups excluding tert-OH is 3. The molecule has 1 saturated heterocycles. The first-order valence-corrected chi connectivity index (χ1v) is 9.54. The fraction of sp³-hybridized carbons (Fsp3) is 0.304. The highest BCUT2D eigenvalue weighted by Gasteiger charge is 2.53. The lowest BCUT2D eigenvalue weighted by Crippen LogP contribution is -2.61. The molecule has 5 N–H and O–H groups in total. The van der Waals surface area contributed by atoms with Crippen LogP contribution in [-0.2, 0) is 16.8 Å². The van der Waals surface area contributed by atoms with Crippen LogP contribution in [0.1, 0.15) is 16.7 Å². The van der Waals surface area contributed by atoms with Gasteiger partial charge in [0.15, 0.2) is 0 Å². The number of hydrogen-bond acceptors (Lipinski definition) is 6. The first-order valence-electron chi connectivity index (χ1n) is 9.54. The van der Waals surface area contributed by atoms with E-state index in [-0.39, 0.29) is 17.9 Å². The van der Waals surface area contributed by atoms with Gasteiger partial charge in [-0.05, 0) is 40.8 Å². The first-order chi connectivity index (χ1) is 13.9. The van der Waals surface area contributed by atoms with Crippen LogP contribution in [-0.4, -0.2) is 57.1 Å². The number of aliphatic hydroxyl groups is 4. The summed E-state index contributed by atoms with van der Waals surface area (Å²) >= 11 is 0. The SMILES string of the molecule is OC[C@H]1OC[C@H](O)[C@@H](O)[C@]1(O)c1cc(Cc2cc3cccccc-3c2)ccc1O. The molecule has 3 aliphatic rings. The number of hydrogen-bond donors (Lipinski definition) is 5. The van der Waals surface area contributed by atoms with Gasteiger partial charge in [-0.25, -0.2) is 0 Å². The molecule has 4 rings (SSSR count). The van der Waals surface area contributed by atoms with Gasteiger partial charge >= 0.3 is 0 Å². The molecule has 0 spiro atoms. The molecule has 4 atom stereocenters. The summed E-state index contributed by atoms with van der Waals surface area (Å²) in [6, 6.07) is 18.9. The number of ether oxygens (including phenoxy) is 1. The quantitative estimate of drug-likeness (QED) is 0.456. The second-order valence-electron chi connectivity index (χ2n) is 7.56. The molecule has 29 heavy (non-hydrogen) atoms. The Kier molecular flexibility index (Phi) is 5.29. The normalized spacial score (nSPS) is 27.2. The van der Waals surface area contributed by atoms with E-state index in [0.717, 1.165) is 22.3 Å². The average Bonchev–Trinajstić information content (AvgIpc) is 2.95. The molecule has 1 aromatic rings. The molecule has 152 valence electrons. The van der Waals surface area contributed by atoms with E-state index in [1.54, 1.807) is 12.1 Å². The molecule has 6 heteroatoms. The Bertz CT molecular complexity index is 938. The predicted molar refractivity (Wildman–Crippen MR) is 107 cm³/mol. The molecule has 1 heterocycles. The highest BCUT2D eigenvalue weighted by atomic mass is 16.5. The van der Waals surface area contributed by atoms with Gasteiger partial charge in [0.05, 0.1) is 13.2 Å². The molecule has 0 aromatic heterocycles. The largest absolute Gasteiger partial charge is 0.508 e. The summed E-state index contributed by atoms with van der Waals surface area (Å²) in [7, 11) is 0. The zero-order valence-corrected chi connectivity index (χ0v) is 15.8. The minimum Gasteiger partial charge on any atom is -0.508 e. The Morgan fingerprint density at radius 1 is 0.931 bits per heavy atom. The Morgan fingerprint density at radius 2 is 1.62 bits per heavy atom. The molecule has 1 fully saturated rings. The van der Waals surface area contributed by atoms with Crippen LogP contribution < -0.4 is 0 Å². The summed E-state index contributed by atoms with van der Waals surface area (Å²) in [4.78, 5) is 0. The number of phenolic OH excluding ortho intramolecular Hbond substituents is 1. The minimum atomic E-state index is -2.14. The molecule has 0 bridgehead atoms. The second kappa shape index (κ2) is 7.74. The van der Waals surface area contributed by atoms with Crippen molar-refractivity contribution in [1.29, 1.82) is 0 Å². The van der Waals surface area contributed by atoms with Gasteiger partial charge in [0, 0.05) is 5.56 Å². The van der Waals surface area contributed by atoms with Gasteiger partial charge < -0.3 is 30.3 Å². The number of fused-ring (bicyclic) bond motifs is 1. The van der Waals surface area contributed by atoms with Gasteiger partial charge in [0.1, 0.15) is 29.7 Å². The third-order valence-corrected chi connectivity index (χ3v) is 5.63. The molecule has 0 radical (unpaired) electrons. The predicted octanol–water partition coefficient (Wildman–Crippen LogP) is 1.39. The highest BCUT2D eigenvalue weighted by Crippen LogP contribution is 2.41. The summed E-state index contributed by atoms with van der Waals surface area (Å²) in [6.07, 6.45) is -3.59. The van der Waals surface area contributed by atoms with E-state index >= 15 is 0 Å². The minimum absolute atomic E-state index is 0.0165. The van der Waals surface area contributed by atoms with E-state index in [1.165, 1.54) is 6.07 Å². The lowest BCUT2D eigenvalue weighted by atomic mass is 9.78. The summed E-state index contributed by atoms with van der Waals surface area (Å²) < 4.78 is 5.32. The maximum absolute atomic E-state index is 11.2. The van der Waals surface area contributed by atoms with Gasteiger partial charge in [0.25, 0.3) is 0 Å². The molecular formula is C23H24O6. The number of benzene rings is 1. The van der Waals surface area contributed by atoms with Gasteiger partial charge in [0.2, 0.25) is 0 Å². The van der Waals surface area contributed by atoms with E-state index in [1.807, 2.05) is 30.3 Å². The monoisotopic (exact) mass is 396 g/mol. The topological polar surface area (TPSA) is 110 Å². The Labute approximate surface area is 168 Å². The lowest BCUT2D eigenvalue weighted by Gasteiger charge is -2.45. The van der Waals surface area contributed by atoms with Crippen molar-refractivity contribution in [1.82, 2.24) is 0 Å². The summed E-state index contributed by atoms with van der Waals surface area (Å²) in [5, 5.41) is 51.7. The maximum atomic E-state index is 11.2. The van der Waals surface area contributed by atoms with Gasteiger partial charge in [-0.1, -0.05) is 48.5 Å². The van der Waals surface area contributed by atoms with E-state index < -0.39 is 30.5 Å². The third kappa shape index (κ3) is 3.50. The number of rotatable bonds is 4. The van der Waals surface area contributed by atoms with Crippen molar-refractivity contribution in [3.63, 3.8) is 0 Å². The summed E-state index contributed by atoms with van der Waals surface area (Å²) in [6.45, 7) is -0.790. The highest BCUT2D eigenvalue weighted by molar-refractivity contribution is 5.68. The Morgan fingerprint density at radius 3 is 2.28 bits per heavy atom. The van der Waals surface area contributed by atoms with Crippen LogP contribution in [0.4, 0.5) is 0 Å². The molecule has 0 amide bonds. The molecular weight excluding hydrogens is 372 g/mol. The molecule has 0 unspecified atom stereocenters. The number of phenols is 1. The standard InChI is InChI=1S/C23H24O6/c24-12-21-23(28,22(27)20(26)13-29-21)18-11-14(6-7-19(18)25)8-15-9-16-4-2-1-3-5-17(16)10-15/h1-7,9-11,20-22,24-28H,8,12-13H2/t20-,21+,22+,23-/m0/s1. The smallest absolute Gasteiger partial charge is 0.150 e. The van der Waals surface area contributed by atoms with E-state index in [9.17, 15) is 25.5 Å². The van der Waals surface area contributed by atoms with Crippen molar-refractivity contribution in [3.05, 3.63) is 77.4 Å². The maximum Gasteiger partial charge on any atom is 0.150 e. The number of aromatic hydroxyl groups is 1. The average molecular weight is 396 g/mol.